The number of carbonyl (C=O) groups is 1. The van der Waals surface area contributed by atoms with Crippen LogP contribution in [-0.4, -0.2) is 16.5 Å². The summed E-state index contributed by atoms with van der Waals surface area (Å²) in [5, 5.41) is 9.90. The number of hydrogen-bond donors (Lipinski definition) is 1. The Morgan fingerprint density at radius 2 is 1.64 bits per heavy atom. The molecule has 0 aromatic heterocycles. The molecule has 4 heteroatoms. The number of hydrogen-bond acceptors (Lipinski definition) is 2. The second-order valence-electron chi connectivity index (χ2n) is 5.86. The van der Waals surface area contributed by atoms with Crippen LogP contribution in [-0.2, 0) is 12.3 Å². The van der Waals surface area contributed by atoms with Crippen molar-refractivity contribution in [1.29, 1.82) is 0 Å². The number of rotatable bonds is 5. The van der Waals surface area contributed by atoms with E-state index in [1.54, 1.807) is 6.07 Å². The van der Waals surface area contributed by atoms with Gasteiger partial charge in [-0.25, -0.2) is 0 Å². The Kier molecular flexibility index (Phi) is 5.50. The van der Waals surface area contributed by atoms with Crippen LogP contribution in [0.15, 0.2) is 42.5 Å². The van der Waals surface area contributed by atoms with Crippen LogP contribution >= 0.6 is 18.5 Å². The van der Waals surface area contributed by atoms with Gasteiger partial charge in [0.1, 0.15) is 5.60 Å². The Morgan fingerprint density at radius 1 is 1.00 bits per heavy atom. The number of carbonyl (C=O) groups excluding carboxylic acids is 1. The van der Waals surface area contributed by atoms with Gasteiger partial charge in [-0.3, -0.25) is 4.79 Å². The first-order chi connectivity index (χ1) is 10.4. The van der Waals surface area contributed by atoms with Crippen molar-refractivity contribution in [2.45, 2.75) is 31.8 Å². The lowest BCUT2D eigenvalue weighted by molar-refractivity contribution is 0.0488. The highest BCUT2D eigenvalue weighted by atomic mass is 31.0. The van der Waals surface area contributed by atoms with Crippen LogP contribution < -0.4 is 0 Å². The highest BCUT2D eigenvalue weighted by molar-refractivity contribution is 7.16. The fourth-order valence-corrected chi connectivity index (χ4v) is 3.17. The van der Waals surface area contributed by atoms with E-state index in [1.165, 1.54) is 25.0 Å². The summed E-state index contributed by atoms with van der Waals surface area (Å²) in [5.41, 5.74) is 3.86. The normalized spacial score (nSPS) is 11.5. The Labute approximate surface area is 136 Å². The zero-order valence-corrected chi connectivity index (χ0v) is 15.3. The van der Waals surface area contributed by atoms with Crippen LogP contribution in [0.3, 0.4) is 0 Å². The molecule has 0 aliphatic carbocycles. The zero-order chi connectivity index (χ0) is 16.3. The Balaban J connectivity index is 2.44. The van der Waals surface area contributed by atoms with Crippen molar-refractivity contribution < 1.29 is 9.90 Å². The molecule has 0 saturated heterocycles. The molecule has 0 heterocycles. The second-order valence-corrected chi connectivity index (χ2v) is 6.68. The van der Waals surface area contributed by atoms with E-state index in [4.69, 9.17) is 0 Å². The van der Waals surface area contributed by atoms with E-state index in [0.29, 0.717) is 5.56 Å². The molecule has 0 aliphatic rings. The quantitative estimate of drug-likeness (QED) is 0.662. The van der Waals surface area contributed by atoms with Gasteiger partial charge in [-0.1, -0.05) is 36.4 Å². The van der Waals surface area contributed by atoms with Gasteiger partial charge >= 0.3 is 0 Å². The lowest BCUT2D eigenvalue weighted by atomic mass is 9.93. The summed E-state index contributed by atoms with van der Waals surface area (Å²) in [5.74, 6) is -0.262. The van der Waals surface area contributed by atoms with Crippen molar-refractivity contribution in [3.8, 4) is 11.1 Å². The summed E-state index contributed by atoms with van der Waals surface area (Å²) in [6.45, 7) is 3.03. The number of ketones is 1. The first-order valence-corrected chi connectivity index (χ1v) is 8.89. The molecule has 2 aromatic carbocycles. The SMILES string of the molecule is CC(C)(O)C(=O)c1cccc(-c2ccc(CP)c(CP)c2)c1. The second kappa shape index (κ2) is 7.01. The van der Waals surface area contributed by atoms with Crippen LogP contribution in [0.1, 0.15) is 35.3 Å². The molecule has 2 rings (SSSR count). The van der Waals surface area contributed by atoms with Gasteiger partial charge in [0.2, 0.25) is 0 Å². The molecule has 2 unspecified atom stereocenters. The van der Waals surface area contributed by atoms with Crippen LogP contribution in [0.4, 0.5) is 0 Å². The first-order valence-electron chi connectivity index (χ1n) is 7.26. The van der Waals surface area contributed by atoms with Gasteiger partial charge in [-0.15, -0.1) is 18.5 Å². The van der Waals surface area contributed by atoms with Gasteiger partial charge < -0.3 is 5.11 Å². The molecule has 0 radical (unpaired) electrons. The molecule has 0 spiro atoms. The molecular formula is C18H22O2P2. The maximum Gasteiger partial charge on any atom is 0.193 e. The van der Waals surface area contributed by atoms with Gasteiger partial charge in [-0.2, -0.15) is 0 Å². The molecule has 2 nitrogen and oxygen atoms in total. The van der Waals surface area contributed by atoms with Gasteiger partial charge in [0, 0.05) is 5.56 Å². The largest absolute Gasteiger partial charge is 0.382 e. The van der Waals surface area contributed by atoms with Crippen molar-refractivity contribution in [2.75, 3.05) is 0 Å². The molecule has 0 saturated carbocycles. The summed E-state index contributed by atoms with van der Waals surface area (Å²) >= 11 is 0. The summed E-state index contributed by atoms with van der Waals surface area (Å²) in [4.78, 5) is 12.2. The third kappa shape index (κ3) is 3.82. The van der Waals surface area contributed by atoms with E-state index in [1.807, 2.05) is 18.2 Å². The summed E-state index contributed by atoms with van der Waals surface area (Å²) in [6.07, 6.45) is 1.83. The van der Waals surface area contributed by atoms with Crippen LogP contribution in [0, 0.1) is 0 Å². The molecule has 2 atom stereocenters. The molecule has 0 fully saturated rings. The van der Waals surface area contributed by atoms with E-state index in [2.05, 4.69) is 36.7 Å². The van der Waals surface area contributed by atoms with Gasteiger partial charge in [0.05, 0.1) is 0 Å². The van der Waals surface area contributed by atoms with E-state index in [0.717, 1.165) is 23.5 Å². The van der Waals surface area contributed by atoms with E-state index < -0.39 is 5.60 Å². The van der Waals surface area contributed by atoms with Crippen molar-refractivity contribution in [1.82, 2.24) is 0 Å². The highest BCUT2D eigenvalue weighted by Gasteiger charge is 2.25. The van der Waals surface area contributed by atoms with Crippen LogP contribution in [0.25, 0.3) is 11.1 Å². The Bertz CT molecular complexity index is 688. The lowest BCUT2D eigenvalue weighted by Crippen LogP contribution is -2.31. The van der Waals surface area contributed by atoms with Crippen molar-refractivity contribution in [3.63, 3.8) is 0 Å². The minimum Gasteiger partial charge on any atom is -0.382 e. The number of aliphatic hydroxyl groups is 1. The molecule has 0 amide bonds. The molecule has 2 aromatic rings. The standard InChI is InChI=1S/C18H22O2P2/c1-18(2,20)17(19)14-5-3-4-12(8-14)13-6-7-15(10-21)16(9-13)11-22/h3-9,20H,10-11,21-22H2,1-2H3. The summed E-state index contributed by atoms with van der Waals surface area (Å²) in [6, 6.07) is 13.8. The van der Waals surface area contributed by atoms with E-state index >= 15 is 0 Å². The van der Waals surface area contributed by atoms with Crippen molar-refractivity contribution in [3.05, 3.63) is 59.2 Å². The third-order valence-electron chi connectivity index (χ3n) is 3.66. The Morgan fingerprint density at radius 3 is 2.23 bits per heavy atom. The predicted octanol–water partition coefficient (Wildman–Crippen LogP) is 4.06. The number of benzene rings is 2. The minimum absolute atomic E-state index is 0.262. The fraction of sp³-hybridized carbons (Fsp3) is 0.278. The third-order valence-corrected chi connectivity index (χ3v) is 4.54. The molecule has 22 heavy (non-hydrogen) atoms. The summed E-state index contributed by atoms with van der Waals surface area (Å²) in [7, 11) is 5.51. The predicted molar refractivity (Wildman–Crippen MR) is 99.3 cm³/mol. The highest BCUT2D eigenvalue weighted by Crippen LogP contribution is 2.27. The summed E-state index contributed by atoms with van der Waals surface area (Å²) < 4.78 is 0. The molecule has 116 valence electrons. The average molecular weight is 332 g/mol. The zero-order valence-electron chi connectivity index (χ0n) is 13.0. The lowest BCUT2D eigenvalue weighted by Gasteiger charge is -2.16. The topological polar surface area (TPSA) is 37.3 Å². The monoisotopic (exact) mass is 332 g/mol. The van der Waals surface area contributed by atoms with Gasteiger partial charge in [0.15, 0.2) is 5.78 Å². The first kappa shape index (κ1) is 17.3. The molecule has 1 N–H and O–H groups in total. The Hall–Kier alpha value is -1.07. The van der Waals surface area contributed by atoms with E-state index in [9.17, 15) is 9.90 Å². The van der Waals surface area contributed by atoms with Gasteiger partial charge in [0.25, 0.3) is 0 Å². The van der Waals surface area contributed by atoms with E-state index in [-0.39, 0.29) is 5.78 Å². The maximum absolute atomic E-state index is 12.2. The molecule has 0 aliphatic heterocycles. The minimum atomic E-state index is -1.35. The molecular weight excluding hydrogens is 310 g/mol. The number of Topliss-reactive ketones (excluding diaryl/α,β-unsaturated/α-hetero) is 1. The fourth-order valence-electron chi connectivity index (χ4n) is 2.39. The van der Waals surface area contributed by atoms with Crippen molar-refractivity contribution in [2.24, 2.45) is 0 Å². The van der Waals surface area contributed by atoms with Gasteiger partial charge in [-0.05, 0) is 54.5 Å². The average Bonchev–Trinajstić information content (AvgIpc) is 2.52. The molecule has 0 bridgehead atoms. The van der Waals surface area contributed by atoms with Crippen LogP contribution in [0.2, 0.25) is 0 Å². The van der Waals surface area contributed by atoms with Crippen LogP contribution in [0.5, 0.6) is 0 Å². The maximum atomic E-state index is 12.2. The van der Waals surface area contributed by atoms with Crippen molar-refractivity contribution >= 4 is 24.3 Å². The smallest absolute Gasteiger partial charge is 0.193 e.